The zero-order chi connectivity index (χ0) is 15.4. The van der Waals surface area contributed by atoms with Crippen LogP contribution in [0.25, 0.3) is 22.1 Å². The molecule has 0 atom stereocenters. The fourth-order valence-electron chi connectivity index (χ4n) is 3.49. The molecule has 2 heterocycles. The lowest BCUT2D eigenvalue weighted by atomic mass is 9.90. The summed E-state index contributed by atoms with van der Waals surface area (Å²) in [6, 6.07) is 3.63. The van der Waals surface area contributed by atoms with Gasteiger partial charge in [0.2, 0.25) is 0 Å². The average molecular weight is 299 g/mol. The largest absolute Gasteiger partial charge is 0.420 e. The van der Waals surface area contributed by atoms with E-state index in [9.17, 15) is 9.59 Å². The number of benzene rings is 1. The molecule has 5 heteroatoms. The van der Waals surface area contributed by atoms with Crippen LogP contribution in [-0.4, -0.2) is 4.57 Å². The van der Waals surface area contributed by atoms with Crippen molar-refractivity contribution < 1.29 is 8.83 Å². The van der Waals surface area contributed by atoms with E-state index in [0.717, 1.165) is 42.2 Å². The number of fused-ring (bicyclic) bond motifs is 5. The summed E-state index contributed by atoms with van der Waals surface area (Å²) in [6.45, 7) is 3.82. The molecule has 0 saturated carbocycles. The second-order valence-electron chi connectivity index (χ2n) is 6.17. The van der Waals surface area contributed by atoms with Gasteiger partial charge in [-0.1, -0.05) is 0 Å². The monoisotopic (exact) mass is 299 g/mol. The predicted octanol–water partition coefficient (Wildman–Crippen LogP) is 3.16. The smallest absolute Gasteiger partial charge is 0.420 e. The molecular formula is C17H17NO4. The number of hydrogen-bond acceptors (Lipinski definition) is 4. The maximum absolute atomic E-state index is 12.3. The van der Waals surface area contributed by atoms with Crippen molar-refractivity contribution >= 4 is 22.1 Å². The maximum atomic E-state index is 12.3. The first-order valence-electron chi connectivity index (χ1n) is 7.70. The van der Waals surface area contributed by atoms with Crippen LogP contribution in [0.2, 0.25) is 0 Å². The molecule has 0 radical (unpaired) electrons. The van der Waals surface area contributed by atoms with Crippen LogP contribution in [0.1, 0.15) is 43.9 Å². The third-order valence-corrected chi connectivity index (χ3v) is 4.48. The molecule has 0 aliphatic heterocycles. The highest BCUT2D eigenvalue weighted by Gasteiger charge is 2.22. The molecule has 1 aliphatic carbocycles. The Morgan fingerprint density at radius 1 is 1.05 bits per heavy atom. The number of hydrogen-bond donors (Lipinski definition) is 0. The molecule has 0 bridgehead atoms. The summed E-state index contributed by atoms with van der Waals surface area (Å²) in [5.41, 5.74) is 3.11. The molecule has 0 amide bonds. The first-order valence-corrected chi connectivity index (χ1v) is 7.70. The molecule has 114 valence electrons. The van der Waals surface area contributed by atoms with Crippen LogP contribution in [0.15, 0.2) is 30.6 Å². The Kier molecular flexibility index (Phi) is 2.79. The molecule has 0 spiro atoms. The van der Waals surface area contributed by atoms with E-state index < -0.39 is 5.76 Å². The van der Waals surface area contributed by atoms with E-state index in [1.54, 1.807) is 10.6 Å². The van der Waals surface area contributed by atoms with Crippen LogP contribution in [0.3, 0.4) is 0 Å². The number of rotatable bonds is 1. The molecule has 2 aromatic heterocycles. The van der Waals surface area contributed by atoms with Crippen molar-refractivity contribution in [1.29, 1.82) is 0 Å². The number of aryl methyl sites for hydroxylation is 1. The average Bonchev–Trinajstić information content (AvgIpc) is 2.84. The summed E-state index contributed by atoms with van der Waals surface area (Å²) in [5.74, 6) is -0.419. The Hall–Kier alpha value is -2.30. The molecule has 5 nitrogen and oxygen atoms in total. The van der Waals surface area contributed by atoms with Crippen LogP contribution in [0, 0.1) is 0 Å². The van der Waals surface area contributed by atoms with Crippen molar-refractivity contribution in [3.05, 3.63) is 44.2 Å². The molecule has 0 N–H and O–H groups in total. The van der Waals surface area contributed by atoms with Gasteiger partial charge in [0.15, 0.2) is 11.2 Å². The van der Waals surface area contributed by atoms with Crippen molar-refractivity contribution in [2.75, 3.05) is 0 Å². The molecule has 1 aliphatic rings. The maximum Gasteiger partial charge on any atom is 0.420 e. The summed E-state index contributed by atoms with van der Waals surface area (Å²) in [5, 5.41) is 0.928. The van der Waals surface area contributed by atoms with E-state index in [2.05, 4.69) is 0 Å². The molecule has 1 aromatic carbocycles. The zero-order valence-corrected chi connectivity index (χ0v) is 12.6. The Morgan fingerprint density at radius 2 is 1.77 bits per heavy atom. The molecular weight excluding hydrogens is 282 g/mol. The van der Waals surface area contributed by atoms with E-state index in [0.29, 0.717) is 16.7 Å². The first-order chi connectivity index (χ1) is 10.6. The number of aromatic nitrogens is 1. The van der Waals surface area contributed by atoms with Crippen LogP contribution in [0.5, 0.6) is 0 Å². The minimum absolute atomic E-state index is 0.0688. The Labute approximate surface area is 126 Å². The molecule has 0 unspecified atom stereocenters. The molecule has 0 fully saturated rings. The SMILES string of the molecule is CC(C)n1c(=O)oc2ccc3c4c(c(=O)oc3c21)CCCC4. The van der Waals surface area contributed by atoms with E-state index in [1.807, 2.05) is 19.9 Å². The van der Waals surface area contributed by atoms with Gasteiger partial charge in [0.05, 0.1) is 0 Å². The van der Waals surface area contributed by atoms with Gasteiger partial charge in [-0.05, 0) is 57.2 Å². The second kappa shape index (κ2) is 4.60. The van der Waals surface area contributed by atoms with Gasteiger partial charge in [-0.2, -0.15) is 0 Å². The van der Waals surface area contributed by atoms with Crippen molar-refractivity contribution in [3.63, 3.8) is 0 Å². The lowest BCUT2D eigenvalue weighted by molar-refractivity contribution is 0.477. The highest BCUT2D eigenvalue weighted by molar-refractivity contribution is 6.01. The highest BCUT2D eigenvalue weighted by atomic mass is 16.4. The normalized spacial score (nSPS) is 14.9. The standard InChI is InChI=1S/C17H17NO4/c1-9(2)18-14-13(21-17(18)20)8-7-11-10-5-3-4-6-12(10)16(19)22-15(11)14/h7-9H,3-6H2,1-2H3. The molecule has 3 aromatic rings. The second-order valence-corrected chi connectivity index (χ2v) is 6.17. The van der Waals surface area contributed by atoms with Crippen LogP contribution in [-0.2, 0) is 12.8 Å². The van der Waals surface area contributed by atoms with Gasteiger partial charge in [-0.25, -0.2) is 9.59 Å². The first kappa shape index (κ1) is 13.4. The van der Waals surface area contributed by atoms with Crippen molar-refractivity contribution in [2.45, 2.75) is 45.6 Å². The van der Waals surface area contributed by atoms with Gasteiger partial charge in [0.1, 0.15) is 5.52 Å². The highest BCUT2D eigenvalue weighted by Crippen LogP contribution is 2.32. The Morgan fingerprint density at radius 3 is 2.50 bits per heavy atom. The van der Waals surface area contributed by atoms with E-state index in [1.165, 1.54) is 0 Å². The third-order valence-electron chi connectivity index (χ3n) is 4.48. The topological polar surface area (TPSA) is 65.3 Å². The summed E-state index contributed by atoms with van der Waals surface area (Å²) in [7, 11) is 0. The summed E-state index contributed by atoms with van der Waals surface area (Å²) < 4.78 is 12.5. The summed E-state index contributed by atoms with van der Waals surface area (Å²) in [6.07, 6.45) is 3.75. The summed E-state index contributed by atoms with van der Waals surface area (Å²) in [4.78, 5) is 24.4. The quantitative estimate of drug-likeness (QED) is 0.647. The van der Waals surface area contributed by atoms with E-state index in [-0.39, 0.29) is 11.7 Å². The molecule has 4 rings (SSSR count). The van der Waals surface area contributed by atoms with Gasteiger partial charge in [0, 0.05) is 17.0 Å². The third kappa shape index (κ3) is 1.71. The Bertz CT molecular complexity index is 1000. The zero-order valence-electron chi connectivity index (χ0n) is 12.6. The Balaban J connectivity index is 2.23. The van der Waals surface area contributed by atoms with Gasteiger partial charge in [-0.15, -0.1) is 0 Å². The predicted molar refractivity (Wildman–Crippen MR) is 83.5 cm³/mol. The van der Waals surface area contributed by atoms with E-state index >= 15 is 0 Å². The summed E-state index contributed by atoms with van der Waals surface area (Å²) >= 11 is 0. The van der Waals surface area contributed by atoms with Crippen molar-refractivity contribution in [3.8, 4) is 0 Å². The van der Waals surface area contributed by atoms with Gasteiger partial charge in [0.25, 0.3) is 0 Å². The van der Waals surface area contributed by atoms with Crippen LogP contribution < -0.4 is 11.4 Å². The van der Waals surface area contributed by atoms with E-state index in [4.69, 9.17) is 8.83 Å². The number of oxazole rings is 1. The molecule has 0 saturated heterocycles. The van der Waals surface area contributed by atoms with Crippen LogP contribution in [0.4, 0.5) is 0 Å². The fraction of sp³-hybridized carbons (Fsp3) is 0.412. The minimum Gasteiger partial charge on any atom is -0.420 e. The van der Waals surface area contributed by atoms with Gasteiger partial charge in [-0.3, -0.25) is 4.57 Å². The van der Waals surface area contributed by atoms with Crippen molar-refractivity contribution in [2.24, 2.45) is 0 Å². The van der Waals surface area contributed by atoms with Crippen molar-refractivity contribution in [1.82, 2.24) is 4.57 Å². The lowest BCUT2D eigenvalue weighted by Crippen LogP contribution is -2.18. The fourth-order valence-corrected chi connectivity index (χ4v) is 3.49. The van der Waals surface area contributed by atoms with Gasteiger partial charge >= 0.3 is 11.4 Å². The minimum atomic E-state index is -0.419. The van der Waals surface area contributed by atoms with Gasteiger partial charge < -0.3 is 8.83 Å². The van der Waals surface area contributed by atoms with Crippen LogP contribution >= 0.6 is 0 Å². The lowest BCUT2D eigenvalue weighted by Gasteiger charge is -2.16. The number of nitrogens with zero attached hydrogens (tertiary/aromatic N) is 1. The molecule has 22 heavy (non-hydrogen) atoms.